The Morgan fingerprint density at radius 2 is 1.96 bits per heavy atom. The van der Waals surface area contributed by atoms with Crippen molar-refractivity contribution in [2.45, 2.75) is 26.2 Å². The third-order valence-corrected chi connectivity index (χ3v) is 6.42. The van der Waals surface area contributed by atoms with Gasteiger partial charge in [0, 0.05) is 25.6 Å². The molecule has 6 nitrogen and oxygen atoms in total. The highest BCUT2D eigenvalue weighted by Crippen LogP contribution is 2.20. The smallest absolute Gasteiger partial charge is 0.223 e. The molecule has 1 N–H and O–H groups in total. The number of carbonyl (C=O) groups excluding carboxylic acids is 1. The van der Waals surface area contributed by atoms with E-state index in [1.54, 1.807) is 6.92 Å². The van der Waals surface area contributed by atoms with Crippen LogP contribution in [-0.4, -0.2) is 50.6 Å². The van der Waals surface area contributed by atoms with Crippen LogP contribution < -0.4 is 10.1 Å². The molecule has 26 heavy (non-hydrogen) atoms. The Balaban J connectivity index is 1.72. The molecule has 1 fully saturated rings. The topological polar surface area (TPSA) is 75.7 Å². The normalized spacial score (nSPS) is 16.0. The number of nitrogens with one attached hydrogen (secondary N) is 1. The fourth-order valence-electron chi connectivity index (χ4n) is 2.93. The Bertz CT molecular complexity index is 730. The highest BCUT2D eigenvalue weighted by Gasteiger charge is 2.29. The van der Waals surface area contributed by atoms with Gasteiger partial charge in [-0.25, -0.2) is 12.7 Å². The van der Waals surface area contributed by atoms with Crippen LogP contribution in [0.2, 0.25) is 0 Å². The monoisotopic (exact) mass is 378 g/mol. The van der Waals surface area contributed by atoms with Gasteiger partial charge in [-0.3, -0.25) is 4.79 Å². The Kier molecular flexibility index (Phi) is 7.49. The Hall–Kier alpha value is -2.04. The molecule has 142 valence electrons. The largest absolute Gasteiger partial charge is 0.481 e. The van der Waals surface area contributed by atoms with Crippen LogP contribution in [-0.2, 0) is 21.2 Å². The van der Waals surface area contributed by atoms with Gasteiger partial charge in [-0.2, -0.15) is 0 Å². The van der Waals surface area contributed by atoms with E-state index < -0.39 is 10.0 Å². The van der Waals surface area contributed by atoms with Gasteiger partial charge in [0.1, 0.15) is 12.4 Å². The molecule has 0 atom stereocenters. The van der Waals surface area contributed by atoms with Crippen LogP contribution in [0, 0.1) is 18.3 Å². The van der Waals surface area contributed by atoms with Crippen LogP contribution in [0.3, 0.4) is 0 Å². The first kappa shape index (κ1) is 20.3. The summed E-state index contributed by atoms with van der Waals surface area (Å²) in [6.07, 6.45) is 7.03. The number of hydrogen-bond acceptors (Lipinski definition) is 4. The minimum Gasteiger partial charge on any atom is -0.481 e. The van der Waals surface area contributed by atoms with E-state index in [0.717, 1.165) is 17.7 Å². The minimum absolute atomic E-state index is 0.00696. The summed E-state index contributed by atoms with van der Waals surface area (Å²) in [7, 11) is -3.15. The van der Waals surface area contributed by atoms with E-state index in [-0.39, 0.29) is 24.2 Å². The first-order valence-corrected chi connectivity index (χ1v) is 10.5. The number of hydrogen-bond donors (Lipinski definition) is 1. The van der Waals surface area contributed by atoms with E-state index in [2.05, 4.69) is 11.2 Å². The standard InChI is InChI=1S/C19H26N2O4S/c1-3-15-25-18-7-5-16(6-8-18)9-12-20-19(22)17-10-13-21(14-11-17)26(23,24)4-2/h1,5-8,17H,4,9-15H2,2H3,(H,20,22). The molecule has 1 aromatic carbocycles. The number of terminal acetylenes is 1. The van der Waals surface area contributed by atoms with Crippen LogP contribution in [0.15, 0.2) is 24.3 Å². The van der Waals surface area contributed by atoms with Gasteiger partial charge in [0.15, 0.2) is 0 Å². The second-order valence-electron chi connectivity index (χ2n) is 6.25. The van der Waals surface area contributed by atoms with Gasteiger partial charge >= 0.3 is 0 Å². The average molecular weight is 378 g/mol. The summed E-state index contributed by atoms with van der Waals surface area (Å²) in [6, 6.07) is 7.62. The lowest BCUT2D eigenvalue weighted by Crippen LogP contribution is -2.43. The molecule has 0 spiro atoms. The highest BCUT2D eigenvalue weighted by molar-refractivity contribution is 7.89. The molecule has 0 unspecified atom stereocenters. The van der Waals surface area contributed by atoms with Crippen LogP contribution in [0.5, 0.6) is 5.75 Å². The van der Waals surface area contributed by atoms with E-state index in [1.165, 1.54) is 4.31 Å². The average Bonchev–Trinajstić information content (AvgIpc) is 2.67. The molecular formula is C19H26N2O4S. The van der Waals surface area contributed by atoms with Crippen molar-refractivity contribution in [3.8, 4) is 18.1 Å². The van der Waals surface area contributed by atoms with Crippen molar-refractivity contribution >= 4 is 15.9 Å². The number of piperidine rings is 1. The Morgan fingerprint density at radius 3 is 2.54 bits per heavy atom. The predicted molar refractivity (Wildman–Crippen MR) is 101 cm³/mol. The van der Waals surface area contributed by atoms with Gasteiger partial charge in [0.05, 0.1) is 5.75 Å². The second kappa shape index (κ2) is 9.60. The molecular weight excluding hydrogens is 352 g/mol. The first-order valence-electron chi connectivity index (χ1n) is 8.87. The first-order chi connectivity index (χ1) is 12.5. The second-order valence-corrected chi connectivity index (χ2v) is 8.51. The zero-order valence-corrected chi connectivity index (χ0v) is 15.9. The molecule has 0 saturated carbocycles. The molecule has 1 saturated heterocycles. The fourth-order valence-corrected chi connectivity index (χ4v) is 4.06. The van der Waals surface area contributed by atoms with E-state index in [0.29, 0.717) is 32.5 Å². The minimum atomic E-state index is -3.15. The summed E-state index contributed by atoms with van der Waals surface area (Å²) in [5.41, 5.74) is 1.10. The SMILES string of the molecule is C#CCOc1ccc(CCNC(=O)C2CCN(S(=O)(=O)CC)CC2)cc1. The number of carbonyl (C=O) groups is 1. The molecule has 1 aliphatic rings. The summed E-state index contributed by atoms with van der Waals surface area (Å²) >= 11 is 0. The molecule has 1 aliphatic heterocycles. The van der Waals surface area contributed by atoms with Gasteiger partial charge in [0.25, 0.3) is 0 Å². The molecule has 0 aromatic heterocycles. The quantitative estimate of drug-likeness (QED) is 0.694. The van der Waals surface area contributed by atoms with E-state index in [9.17, 15) is 13.2 Å². The Labute approximate surface area is 156 Å². The van der Waals surface area contributed by atoms with Gasteiger partial charge in [-0.05, 0) is 43.9 Å². The van der Waals surface area contributed by atoms with Gasteiger partial charge in [-0.15, -0.1) is 6.42 Å². The number of ether oxygens (including phenoxy) is 1. The molecule has 7 heteroatoms. The van der Waals surface area contributed by atoms with Crippen LogP contribution in [0.1, 0.15) is 25.3 Å². The van der Waals surface area contributed by atoms with Crippen molar-refractivity contribution in [2.75, 3.05) is 32.0 Å². The lowest BCUT2D eigenvalue weighted by Gasteiger charge is -2.30. The van der Waals surface area contributed by atoms with Gasteiger partial charge < -0.3 is 10.1 Å². The summed E-state index contributed by atoms with van der Waals surface area (Å²) < 4.78 is 30.5. The number of rotatable bonds is 8. The summed E-state index contributed by atoms with van der Waals surface area (Å²) in [4.78, 5) is 12.3. The molecule has 1 heterocycles. The number of nitrogens with zero attached hydrogens (tertiary/aromatic N) is 1. The molecule has 0 bridgehead atoms. The van der Waals surface area contributed by atoms with Gasteiger partial charge in [-0.1, -0.05) is 18.1 Å². The predicted octanol–water partition coefficient (Wildman–Crippen LogP) is 1.42. The molecule has 2 rings (SSSR count). The van der Waals surface area contributed by atoms with Crippen molar-refractivity contribution in [3.63, 3.8) is 0 Å². The molecule has 1 aromatic rings. The van der Waals surface area contributed by atoms with Crippen LogP contribution in [0.25, 0.3) is 0 Å². The highest BCUT2D eigenvalue weighted by atomic mass is 32.2. The lowest BCUT2D eigenvalue weighted by molar-refractivity contribution is -0.126. The Morgan fingerprint density at radius 1 is 1.31 bits per heavy atom. The molecule has 0 radical (unpaired) electrons. The maximum absolute atomic E-state index is 12.3. The van der Waals surface area contributed by atoms with E-state index in [4.69, 9.17) is 11.2 Å². The fraction of sp³-hybridized carbons (Fsp3) is 0.526. The number of benzene rings is 1. The van der Waals surface area contributed by atoms with Crippen LogP contribution in [0.4, 0.5) is 0 Å². The van der Waals surface area contributed by atoms with Crippen molar-refractivity contribution in [2.24, 2.45) is 5.92 Å². The maximum Gasteiger partial charge on any atom is 0.223 e. The molecule has 0 aliphatic carbocycles. The summed E-state index contributed by atoms with van der Waals surface area (Å²) in [5, 5.41) is 2.95. The summed E-state index contributed by atoms with van der Waals surface area (Å²) in [5.74, 6) is 3.14. The maximum atomic E-state index is 12.3. The summed E-state index contributed by atoms with van der Waals surface area (Å²) in [6.45, 7) is 3.29. The zero-order valence-electron chi connectivity index (χ0n) is 15.1. The third-order valence-electron chi connectivity index (χ3n) is 4.54. The lowest BCUT2D eigenvalue weighted by atomic mass is 9.97. The van der Waals surface area contributed by atoms with Gasteiger partial charge in [0.2, 0.25) is 15.9 Å². The third kappa shape index (κ3) is 5.75. The van der Waals surface area contributed by atoms with E-state index >= 15 is 0 Å². The van der Waals surface area contributed by atoms with Crippen LogP contribution >= 0.6 is 0 Å². The number of sulfonamides is 1. The van der Waals surface area contributed by atoms with E-state index in [1.807, 2.05) is 24.3 Å². The van der Waals surface area contributed by atoms with Crippen molar-refractivity contribution in [3.05, 3.63) is 29.8 Å². The van der Waals surface area contributed by atoms with Crippen molar-refractivity contribution in [1.29, 1.82) is 0 Å². The van der Waals surface area contributed by atoms with Crippen molar-refractivity contribution in [1.82, 2.24) is 9.62 Å². The number of amides is 1. The molecule has 1 amide bonds. The zero-order chi connectivity index (χ0) is 19.0. The van der Waals surface area contributed by atoms with Crippen molar-refractivity contribution < 1.29 is 17.9 Å².